The first-order chi connectivity index (χ1) is 8.37. The summed E-state index contributed by atoms with van der Waals surface area (Å²) in [5.74, 6) is -1.06. The van der Waals surface area contributed by atoms with Crippen molar-refractivity contribution < 1.29 is 22.8 Å². The van der Waals surface area contributed by atoms with Gasteiger partial charge in [0.25, 0.3) is 0 Å². The lowest BCUT2D eigenvalue weighted by molar-refractivity contribution is -0.389. The van der Waals surface area contributed by atoms with E-state index in [1.54, 1.807) is 12.1 Å². The largest absolute Gasteiger partial charge is 0.574 e. The second kappa shape index (κ2) is 4.13. The Morgan fingerprint density at radius 2 is 1.94 bits per heavy atom. The third-order valence-corrected chi connectivity index (χ3v) is 2.08. The molecule has 0 N–H and O–H groups in total. The van der Waals surface area contributed by atoms with Crippen LogP contribution in [0, 0.1) is 10.1 Å². The quantitative estimate of drug-likeness (QED) is 0.613. The molecular weight excluding hydrogens is 253 g/mol. The van der Waals surface area contributed by atoms with Gasteiger partial charge in [-0.1, -0.05) is 18.2 Å². The van der Waals surface area contributed by atoms with Gasteiger partial charge in [-0.25, -0.2) is 4.98 Å². The summed E-state index contributed by atoms with van der Waals surface area (Å²) >= 11 is 0. The number of halogens is 3. The van der Waals surface area contributed by atoms with Gasteiger partial charge in [-0.2, -0.15) is 0 Å². The average molecular weight is 258 g/mol. The monoisotopic (exact) mass is 258 g/mol. The van der Waals surface area contributed by atoms with Crippen LogP contribution in [0.1, 0.15) is 0 Å². The predicted octanol–water partition coefficient (Wildman–Crippen LogP) is 3.04. The van der Waals surface area contributed by atoms with E-state index in [1.165, 1.54) is 12.1 Å². The summed E-state index contributed by atoms with van der Waals surface area (Å²) in [6.07, 6.45) is -5.03. The van der Waals surface area contributed by atoms with Crippen LogP contribution in [0.4, 0.5) is 18.9 Å². The normalized spacial score (nSPS) is 11.5. The number of nitro groups is 1. The lowest BCUT2D eigenvalue weighted by Gasteiger charge is -2.08. The maximum atomic E-state index is 12.1. The van der Waals surface area contributed by atoms with E-state index in [1.807, 2.05) is 0 Å². The SMILES string of the molecule is O=[N+]([O-])c1cc2ccccc2nc1OC(F)(F)F. The molecule has 0 radical (unpaired) electrons. The van der Waals surface area contributed by atoms with E-state index in [0.29, 0.717) is 5.39 Å². The second-order valence-electron chi connectivity index (χ2n) is 3.31. The first kappa shape index (κ1) is 12.1. The van der Waals surface area contributed by atoms with Gasteiger partial charge in [-0.15, -0.1) is 13.2 Å². The summed E-state index contributed by atoms with van der Waals surface area (Å²) in [6.45, 7) is 0. The van der Waals surface area contributed by atoms with Crippen LogP contribution in [0.3, 0.4) is 0 Å². The minimum Gasteiger partial charge on any atom is -0.381 e. The number of benzene rings is 1. The molecule has 1 aromatic carbocycles. The van der Waals surface area contributed by atoms with Crippen LogP contribution in [0.15, 0.2) is 30.3 Å². The number of ether oxygens (including phenoxy) is 1. The highest BCUT2D eigenvalue weighted by molar-refractivity contribution is 5.82. The molecule has 1 aromatic heterocycles. The standard InChI is InChI=1S/C10H5F3N2O3/c11-10(12,13)18-9-8(15(16)17)5-6-3-1-2-4-7(6)14-9/h1-5H. The van der Waals surface area contributed by atoms with Gasteiger partial charge < -0.3 is 4.74 Å². The molecule has 0 saturated heterocycles. The third-order valence-electron chi connectivity index (χ3n) is 2.08. The van der Waals surface area contributed by atoms with Crippen molar-refractivity contribution >= 4 is 16.6 Å². The molecule has 0 unspecified atom stereocenters. The topological polar surface area (TPSA) is 65.3 Å². The van der Waals surface area contributed by atoms with Crippen LogP contribution in [0.25, 0.3) is 10.9 Å². The van der Waals surface area contributed by atoms with Gasteiger partial charge in [-0.3, -0.25) is 10.1 Å². The van der Waals surface area contributed by atoms with Gasteiger partial charge in [0, 0.05) is 11.5 Å². The molecule has 0 aliphatic heterocycles. The number of pyridine rings is 1. The van der Waals surface area contributed by atoms with E-state index in [9.17, 15) is 23.3 Å². The Kier molecular flexibility index (Phi) is 2.77. The minimum absolute atomic E-state index is 0.183. The Balaban J connectivity index is 2.61. The smallest absolute Gasteiger partial charge is 0.381 e. The average Bonchev–Trinajstić information content (AvgIpc) is 2.25. The van der Waals surface area contributed by atoms with Crippen molar-refractivity contribution in [2.75, 3.05) is 0 Å². The molecule has 2 rings (SSSR count). The van der Waals surface area contributed by atoms with Gasteiger partial charge in [0.05, 0.1) is 10.4 Å². The molecular formula is C10H5F3N2O3. The van der Waals surface area contributed by atoms with Gasteiger partial charge in [-0.05, 0) is 6.07 Å². The molecule has 0 spiro atoms. The fraction of sp³-hybridized carbons (Fsp3) is 0.100. The van der Waals surface area contributed by atoms with Gasteiger partial charge >= 0.3 is 17.9 Å². The Bertz CT molecular complexity index is 613. The van der Waals surface area contributed by atoms with E-state index in [2.05, 4.69) is 9.72 Å². The summed E-state index contributed by atoms with van der Waals surface area (Å²) in [5, 5.41) is 11.0. The number of fused-ring (bicyclic) bond motifs is 1. The number of nitrogens with zero attached hydrogens (tertiary/aromatic N) is 2. The number of rotatable bonds is 2. The predicted molar refractivity (Wildman–Crippen MR) is 55.1 cm³/mol. The first-order valence-electron chi connectivity index (χ1n) is 4.67. The lowest BCUT2D eigenvalue weighted by Crippen LogP contribution is -2.18. The number of hydrogen-bond donors (Lipinski definition) is 0. The molecule has 0 atom stereocenters. The maximum Gasteiger partial charge on any atom is 0.574 e. The Labute approximate surface area is 98.0 Å². The van der Waals surface area contributed by atoms with Gasteiger partial charge in [0.1, 0.15) is 0 Å². The zero-order valence-electron chi connectivity index (χ0n) is 8.64. The minimum atomic E-state index is -5.03. The van der Waals surface area contributed by atoms with E-state index >= 15 is 0 Å². The van der Waals surface area contributed by atoms with Crippen molar-refractivity contribution in [3.05, 3.63) is 40.4 Å². The summed E-state index contributed by atoms with van der Waals surface area (Å²) in [4.78, 5) is 13.2. The molecule has 0 aliphatic carbocycles. The number of aromatic nitrogens is 1. The van der Waals surface area contributed by atoms with E-state index in [4.69, 9.17) is 0 Å². The summed E-state index contributed by atoms with van der Waals surface area (Å²) in [6, 6.07) is 7.08. The molecule has 0 aliphatic rings. The van der Waals surface area contributed by atoms with Crippen LogP contribution in [0.2, 0.25) is 0 Å². The zero-order chi connectivity index (χ0) is 13.3. The molecule has 0 fully saturated rings. The molecule has 0 bridgehead atoms. The van der Waals surface area contributed by atoms with Crippen LogP contribution >= 0.6 is 0 Å². The Morgan fingerprint density at radius 1 is 1.28 bits per heavy atom. The van der Waals surface area contributed by atoms with Gasteiger partial charge in [0.2, 0.25) is 0 Å². The maximum absolute atomic E-state index is 12.1. The Hall–Kier alpha value is -2.38. The molecule has 0 saturated carbocycles. The summed E-state index contributed by atoms with van der Waals surface area (Å²) in [5.41, 5.74) is -0.645. The third kappa shape index (κ3) is 2.47. The molecule has 5 nitrogen and oxygen atoms in total. The fourth-order valence-electron chi connectivity index (χ4n) is 1.40. The molecule has 0 amide bonds. The first-order valence-corrected chi connectivity index (χ1v) is 4.67. The van der Waals surface area contributed by atoms with Crippen LogP contribution in [0.5, 0.6) is 5.88 Å². The molecule has 1 heterocycles. The molecule has 18 heavy (non-hydrogen) atoms. The van der Waals surface area contributed by atoms with E-state index in [0.717, 1.165) is 6.07 Å². The van der Waals surface area contributed by atoms with Crippen LogP contribution in [-0.2, 0) is 0 Å². The fourth-order valence-corrected chi connectivity index (χ4v) is 1.40. The molecule has 2 aromatic rings. The summed E-state index contributed by atoms with van der Waals surface area (Å²) in [7, 11) is 0. The molecule has 94 valence electrons. The number of para-hydroxylation sites is 1. The Morgan fingerprint density at radius 3 is 2.56 bits per heavy atom. The van der Waals surface area contributed by atoms with Crippen molar-refractivity contribution in [1.82, 2.24) is 4.98 Å². The van der Waals surface area contributed by atoms with Crippen molar-refractivity contribution in [2.45, 2.75) is 6.36 Å². The van der Waals surface area contributed by atoms with Crippen molar-refractivity contribution in [3.63, 3.8) is 0 Å². The van der Waals surface area contributed by atoms with E-state index < -0.39 is 22.9 Å². The second-order valence-corrected chi connectivity index (χ2v) is 3.31. The zero-order valence-corrected chi connectivity index (χ0v) is 8.64. The number of alkyl halides is 3. The summed E-state index contributed by atoms with van der Waals surface area (Å²) < 4.78 is 39.8. The van der Waals surface area contributed by atoms with Gasteiger partial charge in [0.15, 0.2) is 0 Å². The van der Waals surface area contributed by atoms with Crippen molar-refractivity contribution in [2.24, 2.45) is 0 Å². The number of hydrogen-bond acceptors (Lipinski definition) is 4. The van der Waals surface area contributed by atoms with Crippen molar-refractivity contribution in [3.8, 4) is 5.88 Å². The highest BCUT2D eigenvalue weighted by atomic mass is 19.4. The van der Waals surface area contributed by atoms with Crippen LogP contribution < -0.4 is 4.74 Å². The highest BCUT2D eigenvalue weighted by Gasteiger charge is 2.35. The van der Waals surface area contributed by atoms with Crippen LogP contribution in [-0.4, -0.2) is 16.3 Å². The highest BCUT2D eigenvalue weighted by Crippen LogP contribution is 2.32. The molecule has 8 heteroatoms. The lowest BCUT2D eigenvalue weighted by atomic mass is 10.2. The van der Waals surface area contributed by atoms with E-state index in [-0.39, 0.29) is 5.52 Å². The van der Waals surface area contributed by atoms with Crippen molar-refractivity contribution in [1.29, 1.82) is 0 Å².